The molecule has 2 heterocycles. The molecule has 0 bridgehead atoms. The lowest BCUT2D eigenvalue weighted by Gasteiger charge is -2.28. The van der Waals surface area contributed by atoms with Crippen molar-refractivity contribution < 1.29 is 43.8 Å². The molecular formula is C45H57N9O9S2. The van der Waals surface area contributed by atoms with Gasteiger partial charge in [0.05, 0.1) is 12.1 Å². The third-order valence-electron chi connectivity index (χ3n) is 10.7. The van der Waals surface area contributed by atoms with Gasteiger partial charge >= 0.3 is 5.97 Å². The van der Waals surface area contributed by atoms with Crippen molar-refractivity contribution in [3.63, 3.8) is 0 Å². The topological polar surface area (TPSA) is 300 Å². The number of aliphatic carboxylic acids is 1. The molecular weight excluding hydrogens is 875 g/mol. The number of H-pyrrole nitrogens is 1. The number of hydrogen-bond donors (Lipinski definition) is 11. The number of aromatic nitrogens is 1. The molecule has 0 saturated carbocycles. The number of rotatable bonds is 14. The number of carboxylic acids is 1. The van der Waals surface area contributed by atoms with Crippen molar-refractivity contribution in [2.75, 3.05) is 18.1 Å². The number of unbranched alkanes of at least 4 members (excludes halogenated alkanes) is 1. The maximum Gasteiger partial charge on any atom is 0.327 e. The summed E-state index contributed by atoms with van der Waals surface area (Å²) in [6.07, 6.45) is 1.17. The molecule has 3 aromatic carbocycles. The molecule has 1 fully saturated rings. The predicted molar refractivity (Wildman–Crippen MR) is 249 cm³/mol. The maximum absolute atomic E-state index is 14.6. The van der Waals surface area contributed by atoms with E-state index >= 15 is 0 Å². The Balaban J connectivity index is 1.53. The number of aromatic amines is 1. The highest BCUT2D eigenvalue weighted by molar-refractivity contribution is 8.76. The van der Waals surface area contributed by atoms with Crippen LogP contribution in [-0.2, 0) is 52.8 Å². The summed E-state index contributed by atoms with van der Waals surface area (Å²) in [6, 6.07) is 15.8. The van der Waals surface area contributed by atoms with Crippen molar-refractivity contribution in [1.29, 1.82) is 0 Å². The molecule has 1 aliphatic rings. The molecule has 1 aliphatic heterocycles. The van der Waals surface area contributed by atoms with Gasteiger partial charge in [-0.1, -0.05) is 100 Å². The summed E-state index contributed by atoms with van der Waals surface area (Å²) in [5, 5.41) is 37.4. The number of carbonyl (C=O) groups excluding carboxylic acids is 6. The summed E-state index contributed by atoms with van der Waals surface area (Å²) in [6.45, 7) is 1.53. The van der Waals surface area contributed by atoms with Gasteiger partial charge in [-0.05, 0) is 61.9 Å². The molecule has 348 valence electrons. The number of hydrogen-bond acceptors (Lipinski definition) is 12. The molecule has 0 spiro atoms. The van der Waals surface area contributed by atoms with E-state index < -0.39 is 89.8 Å². The zero-order valence-corrected chi connectivity index (χ0v) is 37.5. The summed E-state index contributed by atoms with van der Waals surface area (Å²) >= 11 is 0. The van der Waals surface area contributed by atoms with Crippen LogP contribution in [0.1, 0.15) is 42.9 Å². The third-order valence-corrected chi connectivity index (χ3v) is 13.1. The lowest BCUT2D eigenvalue weighted by Crippen LogP contribution is -2.61. The Morgan fingerprint density at radius 1 is 0.723 bits per heavy atom. The molecule has 1 saturated heterocycles. The van der Waals surface area contributed by atoms with E-state index in [4.69, 9.17) is 11.5 Å². The maximum atomic E-state index is 14.6. The first-order valence-corrected chi connectivity index (χ1v) is 23.8. The van der Waals surface area contributed by atoms with Gasteiger partial charge in [-0.15, -0.1) is 0 Å². The molecule has 5 rings (SSSR count). The number of nitrogens with two attached hydrogens (primary N) is 2. The standard InChI is InChI=1S/C45H57N9O9S2/c1-26(55)38-44(61)53-37(45(62)63)25-65-64-24-36(52-39(56)31(47)20-27-12-4-2-5-13-27)43(60)50-34(21-28-14-6-3-7-15-28)41(58)51-35(22-29-23-48-32-17-9-8-16-30(29)32)42(59)49-33(40(57)54-38)18-10-11-19-46/h2-9,12-17,23,26,31,33-38,48,55H,10-11,18-22,24-25,46-47H2,1H3,(H,49,59)(H,50,60)(H,51,58)(H,52,56)(H,53,61)(H,54,57)(H,62,63)/t26-,31-,33+,34+,35+,36-,37+,38?/m1/s1. The average molecular weight is 932 g/mol. The fraction of sp³-hybridized carbons (Fsp3) is 0.400. The molecule has 0 aliphatic carbocycles. The summed E-state index contributed by atoms with van der Waals surface area (Å²) in [5.41, 5.74) is 14.9. The number of amides is 6. The average Bonchev–Trinajstić information content (AvgIpc) is 3.70. The molecule has 20 heteroatoms. The fourth-order valence-electron chi connectivity index (χ4n) is 7.12. The van der Waals surface area contributed by atoms with Gasteiger partial charge in [0.2, 0.25) is 35.4 Å². The Morgan fingerprint density at radius 2 is 1.31 bits per heavy atom. The molecule has 0 radical (unpaired) electrons. The Labute approximate surface area is 384 Å². The number of carboxylic acid groups (broad SMARTS) is 1. The highest BCUT2D eigenvalue weighted by Gasteiger charge is 2.36. The second-order valence-electron chi connectivity index (χ2n) is 15.8. The van der Waals surface area contributed by atoms with Crippen LogP contribution >= 0.6 is 21.6 Å². The van der Waals surface area contributed by atoms with Gasteiger partial charge in [-0.25, -0.2) is 4.79 Å². The number of nitrogens with one attached hydrogen (secondary N) is 7. The van der Waals surface area contributed by atoms with Crippen molar-refractivity contribution in [1.82, 2.24) is 36.9 Å². The van der Waals surface area contributed by atoms with Crippen LogP contribution in [-0.4, -0.2) is 123 Å². The van der Waals surface area contributed by atoms with E-state index in [-0.39, 0.29) is 43.7 Å². The van der Waals surface area contributed by atoms with E-state index in [9.17, 15) is 43.8 Å². The summed E-state index contributed by atoms with van der Waals surface area (Å²) in [5.74, 6) is -6.57. The van der Waals surface area contributed by atoms with Crippen LogP contribution in [0.15, 0.2) is 91.1 Å². The zero-order valence-electron chi connectivity index (χ0n) is 35.9. The third kappa shape index (κ3) is 15.1. The van der Waals surface area contributed by atoms with Crippen LogP contribution in [0.4, 0.5) is 0 Å². The minimum absolute atomic E-state index is 0.0270. The smallest absolute Gasteiger partial charge is 0.327 e. The number of para-hydroxylation sites is 1. The zero-order chi connectivity index (χ0) is 46.9. The van der Waals surface area contributed by atoms with Gasteiger partial charge in [-0.3, -0.25) is 28.8 Å². The van der Waals surface area contributed by atoms with Crippen molar-refractivity contribution in [2.24, 2.45) is 11.5 Å². The molecule has 6 amide bonds. The monoisotopic (exact) mass is 931 g/mol. The van der Waals surface area contributed by atoms with Crippen molar-refractivity contribution in [3.8, 4) is 0 Å². The molecule has 13 N–H and O–H groups in total. The second kappa shape index (κ2) is 24.9. The van der Waals surface area contributed by atoms with Crippen LogP contribution in [0.3, 0.4) is 0 Å². The van der Waals surface area contributed by atoms with E-state index in [1.54, 1.807) is 48.7 Å². The normalized spacial score (nSPS) is 22.9. The summed E-state index contributed by atoms with van der Waals surface area (Å²) in [4.78, 5) is 100. The number of carbonyl (C=O) groups is 7. The first-order valence-electron chi connectivity index (χ1n) is 21.3. The van der Waals surface area contributed by atoms with Crippen LogP contribution < -0.4 is 43.4 Å². The lowest BCUT2D eigenvalue weighted by molar-refractivity contribution is -0.142. The van der Waals surface area contributed by atoms with Crippen molar-refractivity contribution in [2.45, 2.75) is 93.8 Å². The molecule has 8 atom stereocenters. The minimum Gasteiger partial charge on any atom is -0.480 e. The number of aliphatic hydroxyl groups excluding tert-OH is 1. The Morgan fingerprint density at radius 3 is 1.97 bits per heavy atom. The van der Waals surface area contributed by atoms with Crippen LogP contribution in [0.25, 0.3) is 10.9 Å². The van der Waals surface area contributed by atoms with E-state index in [2.05, 4.69) is 36.9 Å². The molecule has 18 nitrogen and oxygen atoms in total. The van der Waals surface area contributed by atoms with Gasteiger partial charge < -0.3 is 58.6 Å². The highest BCUT2D eigenvalue weighted by atomic mass is 33.1. The van der Waals surface area contributed by atoms with Crippen LogP contribution in [0.2, 0.25) is 0 Å². The van der Waals surface area contributed by atoms with Gasteiger partial charge in [0.15, 0.2) is 0 Å². The molecule has 65 heavy (non-hydrogen) atoms. The number of aliphatic hydroxyl groups is 1. The molecule has 1 unspecified atom stereocenters. The largest absolute Gasteiger partial charge is 0.480 e. The summed E-state index contributed by atoms with van der Waals surface area (Å²) in [7, 11) is 2.01. The quantitative estimate of drug-likeness (QED) is 0.0605. The van der Waals surface area contributed by atoms with Crippen LogP contribution in [0, 0.1) is 0 Å². The predicted octanol–water partition coefficient (Wildman–Crippen LogP) is 0.421. The van der Waals surface area contributed by atoms with E-state index in [1.807, 2.05) is 42.5 Å². The Bertz CT molecular complexity index is 2250. The van der Waals surface area contributed by atoms with Gasteiger partial charge in [0.1, 0.15) is 36.3 Å². The van der Waals surface area contributed by atoms with Crippen LogP contribution in [0.5, 0.6) is 0 Å². The Hall–Kier alpha value is -5.93. The van der Waals surface area contributed by atoms with Gasteiger partial charge in [0, 0.05) is 41.4 Å². The molecule has 1 aromatic heterocycles. The SMILES string of the molecule is C[C@@H](O)C1NC(=O)[C@H](CCCCN)NC(=O)[C@H](Cc2c[nH]c3ccccc23)NC(=O)[C@H](Cc2ccccc2)NC(=O)[C@H](NC(=O)[C@H](N)Cc2ccccc2)CSSC[C@@H](C(=O)O)NC1=O. The Kier molecular flexibility index (Phi) is 19.2. The van der Waals surface area contributed by atoms with Crippen molar-refractivity contribution >= 4 is 73.9 Å². The summed E-state index contributed by atoms with van der Waals surface area (Å²) < 4.78 is 0. The first kappa shape index (κ1) is 50.1. The minimum atomic E-state index is -1.63. The van der Waals surface area contributed by atoms with E-state index in [0.29, 0.717) is 24.0 Å². The van der Waals surface area contributed by atoms with Crippen molar-refractivity contribution in [3.05, 3.63) is 108 Å². The lowest BCUT2D eigenvalue weighted by atomic mass is 10.0. The van der Waals surface area contributed by atoms with Gasteiger partial charge in [0.25, 0.3) is 0 Å². The number of benzene rings is 3. The van der Waals surface area contributed by atoms with Gasteiger partial charge in [-0.2, -0.15) is 0 Å². The van der Waals surface area contributed by atoms with E-state index in [0.717, 1.165) is 38.1 Å². The highest BCUT2D eigenvalue weighted by Crippen LogP contribution is 2.24. The number of fused-ring (bicyclic) bond motifs is 1. The first-order chi connectivity index (χ1) is 31.2. The van der Waals surface area contributed by atoms with E-state index in [1.165, 1.54) is 6.92 Å². The second-order valence-corrected chi connectivity index (χ2v) is 18.3. The molecule has 4 aromatic rings. The fourth-order valence-corrected chi connectivity index (χ4v) is 9.44.